The molecule has 0 aromatic heterocycles. The molecule has 0 spiro atoms. The first-order chi connectivity index (χ1) is 6.04. The molecule has 76 valence electrons. The summed E-state index contributed by atoms with van der Waals surface area (Å²) in [5, 5.41) is 0. The summed E-state index contributed by atoms with van der Waals surface area (Å²) in [6.07, 6.45) is 1.09. The summed E-state index contributed by atoms with van der Waals surface area (Å²) in [6.45, 7) is 8.23. The molecule has 1 heterocycles. The first kappa shape index (κ1) is 10.5. The summed E-state index contributed by atoms with van der Waals surface area (Å²) < 4.78 is 0. The Kier molecular flexibility index (Phi) is 3.31. The van der Waals surface area contributed by atoms with Gasteiger partial charge in [-0.3, -0.25) is 9.69 Å². The Morgan fingerprint density at radius 2 is 2.00 bits per heavy atom. The van der Waals surface area contributed by atoms with Crippen molar-refractivity contribution in [3.8, 4) is 0 Å². The van der Waals surface area contributed by atoms with Gasteiger partial charge in [-0.15, -0.1) is 0 Å². The molecule has 0 aliphatic carbocycles. The van der Waals surface area contributed by atoms with Crippen LogP contribution in [0.15, 0.2) is 0 Å². The Morgan fingerprint density at radius 1 is 1.38 bits per heavy atom. The Bertz CT molecular complexity index is 191. The lowest BCUT2D eigenvalue weighted by Gasteiger charge is -2.30. The molecule has 1 aliphatic heterocycles. The second kappa shape index (κ2) is 4.09. The van der Waals surface area contributed by atoms with E-state index in [0.29, 0.717) is 6.04 Å². The highest BCUT2D eigenvalue weighted by Crippen LogP contribution is 2.12. The molecule has 1 unspecified atom stereocenters. The standard InChI is InChI=1S/C10H20N2O/c1-8(2)12-7-5-6-11(4)10(13)9(12)3/h8-9H,5-7H2,1-4H3. The Balaban J connectivity index is 2.72. The number of carbonyl (C=O) groups excluding carboxylic acids is 1. The van der Waals surface area contributed by atoms with E-state index in [0.717, 1.165) is 19.5 Å². The van der Waals surface area contributed by atoms with Crippen LogP contribution in [0.1, 0.15) is 27.2 Å². The average molecular weight is 184 g/mol. The van der Waals surface area contributed by atoms with Gasteiger partial charge in [0.15, 0.2) is 0 Å². The van der Waals surface area contributed by atoms with Crippen molar-refractivity contribution in [3.63, 3.8) is 0 Å². The molecule has 1 atom stereocenters. The first-order valence-corrected chi connectivity index (χ1v) is 5.04. The van der Waals surface area contributed by atoms with Crippen molar-refractivity contribution >= 4 is 5.91 Å². The third kappa shape index (κ3) is 2.21. The lowest BCUT2D eigenvalue weighted by Crippen LogP contribution is -2.45. The highest BCUT2D eigenvalue weighted by atomic mass is 16.2. The molecule has 1 aliphatic rings. The third-order valence-electron chi connectivity index (χ3n) is 2.80. The SMILES string of the molecule is CC(C)N1CCCN(C)C(=O)C1C. The maximum Gasteiger partial charge on any atom is 0.239 e. The van der Waals surface area contributed by atoms with Gasteiger partial charge in [0.05, 0.1) is 6.04 Å². The van der Waals surface area contributed by atoms with Gasteiger partial charge in [0.25, 0.3) is 0 Å². The number of hydrogen-bond acceptors (Lipinski definition) is 2. The molecule has 1 saturated heterocycles. The quantitative estimate of drug-likeness (QED) is 0.605. The number of likely N-dealkylation sites (N-methyl/N-ethyl adjacent to an activating group) is 1. The number of rotatable bonds is 1. The van der Waals surface area contributed by atoms with Gasteiger partial charge >= 0.3 is 0 Å². The van der Waals surface area contributed by atoms with Crippen LogP contribution in [0.5, 0.6) is 0 Å². The van der Waals surface area contributed by atoms with E-state index < -0.39 is 0 Å². The molecule has 0 N–H and O–H groups in total. The van der Waals surface area contributed by atoms with E-state index in [9.17, 15) is 4.79 Å². The average Bonchev–Trinajstić information content (AvgIpc) is 2.18. The van der Waals surface area contributed by atoms with Crippen molar-refractivity contribution < 1.29 is 4.79 Å². The van der Waals surface area contributed by atoms with Gasteiger partial charge in [0.2, 0.25) is 5.91 Å². The van der Waals surface area contributed by atoms with Crippen LogP contribution in [0.25, 0.3) is 0 Å². The normalized spacial score (nSPS) is 26.7. The minimum absolute atomic E-state index is 0.0486. The summed E-state index contributed by atoms with van der Waals surface area (Å²) in [4.78, 5) is 15.9. The van der Waals surface area contributed by atoms with Gasteiger partial charge in [-0.1, -0.05) is 0 Å². The lowest BCUT2D eigenvalue weighted by atomic mass is 10.2. The van der Waals surface area contributed by atoms with Crippen LogP contribution in [-0.4, -0.2) is 47.9 Å². The summed E-state index contributed by atoms with van der Waals surface area (Å²) in [7, 11) is 1.89. The topological polar surface area (TPSA) is 23.6 Å². The van der Waals surface area contributed by atoms with E-state index in [1.54, 1.807) is 0 Å². The summed E-state index contributed by atoms with van der Waals surface area (Å²) >= 11 is 0. The maximum atomic E-state index is 11.7. The zero-order valence-corrected chi connectivity index (χ0v) is 9.08. The van der Waals surface area contributed by atoms with E-state index in [1.807, 2.05) is 18.9 Å². The van der Waals surface area contributed by atoms with Gasteiger partial charge in [-0.25, -0.2) is 0 Å². The highest BCUT2D eigenvalue weighted by molar-refractivity contribution is 5.81. The maximum absolute atomic E-state index is 11.7. The molecule has 0 saturated carbocycles. The monoisotopic (exact) mass is 184 g/mol. The summed E-state index contributed by atoms with van der Waals surface area (Å²) in [6, 6.07) is 0.512. The van der Waals surface area contributed by atoms with Crippen LogP contribution in [-0.2, 0) is 4.79 Å². The molecule has 3 heteroatoms. The first-order valence-electron chi connectivity index (χ1n) is 5.04. The van der Waals surface area contributed by atoms with Gasteiger partial charge < -0.3 is 4.90 Å². The van der Waals surface area contributed by atoms with Gasteiger partial charge in [0.1, 0.15) is 0 Å². The van der Waals surface area contributed by atoms with E-state index in [2.05, 4.69) is 18.7 Å². The van der Waals surface area contributed by atoms with Crippen LogP contribution in [0.4, 0.5) is 0 Å². The Labute approximate surface area is 80.7 Å². The van der Waals surface area contributed by atoms with Crippen LogP contribution in [0.3, 0.4) is 0 Å². The lowest BCUT2D eigenvalue weighted by molar-refractivity contribution is -0.134. The van der Waals surface area contributed by atoms with Gasteiger partial charge in [0, 0.05) is 26.2 Å². The zero-order chi connectivity index (χ0) is 10.0. The van der Waals surface area contributed by atoms with Crippen LogP contribution >= 0.6 is 0 Å². The van der Waals surface area contributed by atoms with Crippen LogP contribution in [0.2, 0.25) is 0 Å². The number of carbonyl (C=O) groups is 1. The molecule has 1 fully saturated rings. The summed E-state index contributed by atoms with van der Waals surface area (Å²) in [5.74, 6) is 0.256. The van der Waals surface area contributed by atoms with Crippen molar-refractivity contribution in [3.05, 3.63) is 0 Å². The van der Waals surface area contributed by atoms with Gasteiger partial charge in [-0.2, -0.15) is 0 Å². The minimum Gasteiger partial charge on any atom is -0.344 e. The molecule has 0 radical (unpaired) electrons. The van der Waals surface area contributed by atoms with E-state index in [4.69, 9.17) is 0 Å². The smallest absolute Gasteiger partial charge is 0.239 e. The second-order valence-corrected chi connectivity index (χ2v) is 4.12. The number of amides is 1. The van der Waals surface area contributed by atoms with Gasteiger partial charge in [-0.05, 0) is 27.2 Å². The largest absolute Gasteiger partial charge is 0.344 e. The second-order valence-electron chi connectivity index (χ2n) is 4.12. The molecule has 0 aromatic carbocycles. The zero-order valence-electron chi connectivity index (χ0n) is 9.08. The van der Waals surface area contributed by atoms with Crippen molar-refractivity contribution in [2.24, 2.45) is 0 Å². The highest BCUT2D eigenvalue weighted by Gasteiger charge is 2.28. The Hall–Kier alpha value is -0.570. The molecule has 13 heavy (non-hydrogen) atoms. The van der Waals surface area contributed by atoms with E-state index in [1.165, 1.54) is 0 Å². The molecule has 3 nitrogen and oxygen atoms in total. The van der Waals surface area contributed by atoms with Crippen molar-refractivity contribution in [2.45, 2.75) is 39.3 Å². The number of hydrogen-bond donors (Lipinski definition) is 0. The molecule has 1 amide bonds. The Morgan fingerprint density at radius 3 is 2.54 bits per heavy atom. The molecular formula is C10H20N2O. The van der Waals surface area contributed by atoms with E-state index in [-0.39, 0.29) is 11.9 Å². The molecule has 0 aromatic rings. The van der Waals surface area contributed by atoms with Crippen LogP contribution in [0, 0.1) is 0 Å². The van der Waals surface area contributed by atoms with Crippen molar-refractivity contribution in [1.29, 1.82) is 0 Å². The predicted molar refractivity (Wildman–Crippen MR) is 53.6 cm³/mol. The molecule has 0 bridgehead atoms. The number of nitrogens with zero attached hydrogens (tertiary/aromatic N) is 2. The van der Waals surface area contributed by atoms with Crippen molar-refractivity contribution in [1.82, 2.24) is 9.80 Å². The van der Waals surface area contributed by atoms with Crippen LogP contribution < -0.4 is 0 Å². The fourth-order valence-corrected chi connectivity index (χ4v) is 1.96. The van der Waals surface area contributed by atoms with Crippen molar-refractivity contribution in [2.75, 3.05) is 20.1 Å². The molecular weight excluding hydrogens is 164 g/mol. The van der Waals surface area contributed by atoms with E-state index >= 15 is 0 Å². The summed E-state index contributed by atoms with van der Waals surface area (Å²) in [5.41, 5.74) is 0. The molecule has 1 rings (SSSR count). The predicted octanol–water partition coefficient (Wildman–Crippen LogP) is 0.947. The fraction of sp³-hybridized carbons (Fsp3) is 0.900. The fourth-order valence-electron chi connectivity index (χ4n) is 1.96. The third-order valence-corrected chi connectivity index (χ3v) is 2.80. The minimum atomic E-state index is 0.0486.